The predicted molar refractivity (Wildman–Crippen MR) is 61.2 cm³/mol. The topological polar surface area (TPSA) is 39.4 Å². The minimum atomic E-state index is -0.510. The van der Waals surface area contributed by atoms with Gasteiger partial charge in [-0.2, -0.15) is 0 Å². The highest BCUT2D eigenvalue weighted by Crippen LogP contribution is 2.15. The van der Waals surface area contributed by atoms with Crippen molar-refractivity contribution in [1.29, 1.82) is 0 Å². The molecule has 0 saturated carbocycles. The number of rotatable bonds is 1. The smallest absolute Gasteiger partial charge is 0.380 e. The Kier molecular flexibility index (Phi) is 2.93. The SMILES string of the molecule is CCC#COc1cc2ccccc2oc1=O. The average Bonchev–Trinajstić information content (AvgIpc) is 2.30. The molecule has 0 N–H and O–H groups in total. The molecule has 0 bridgehead atoms. The van der Waals surface area contributed by atoms with Crippen LogP contribution in [0.5, 0.6) is 5.75 Å². The number of benzene rings is 1. The maximum Gasteiger partial charge on any atom is 0.380 e. The van der Waals surface area contributed by atoms with E-state index in [-0.39, 0.29) is 5.75 Å². The first-order valence-electron chi connectivity index (χ1n) is 4.99. The van der Waals surface area contributed by atoms with Gasteiger partial charge >= 0.3 is 5.63 Å². The lowest BCUT2D eigenvalue weighted by molar-refractivity contribution is 0.460. The summed E-state index contributed by atoms with van der Waals surface area (Å²) in [4.78, 5) is 11.5. The first-order chi connectivity index (χ1) is 7.81. The van der Waals surface area contributed by atoms with Crippen LogP contribution in [0.4, 0.5) is 0 Å². The summed E-state index contributed by atoms with van der Waals surface area (Å²) in [7, 11) is 0. The molecule has 3 heteroatoms. The third kappa shape index (κ3) is 2.06. The van der Waals surface area contributed by atoms with E-state index in [1.54, 1.807) is 12.1 Å². The Morgan fingerprint density at radius 3 is 3.00 bits per heavy atom. The summed E-state index contributed by atoms with van der Waals surface area (Å²) in [5, 5.41) is 0.815. The van der Waals surface area contributed by atoms with Crippen LogP contribution >= 0.6 is 0 Å². The molecule has 0 aliphatic carbocycles. The molecule has 0 amide bonds. The van der Waals surface area contributed by atoms with E-state index >= 15 is 0 Å². The van der Waals surface area contributed by atoms with E-state index in [9.17, 15) is 4.79 Å². The molecule has 2 aromatic rings. The van der Waals surface area contributed by atoms with Crippen LogP contribution in [0.15, 0.2) is 39.5 Å². The fraction of sp³-hybridized carbons (Fsp3) is 0.154. The second-order valence-corrected chi connectivity index (χ2v) is 3.17. The third-order valence-electron chi connectivity index (χ3n) is 2.02. The minimum Gasteiger partial charge on any atom is -0.420 e. The Morgan fingerprint density at radius 2 is 2.19 bits per heavy atom. The van der Waals surface area contributed by atoms with Gasteiger partial charge in [0.1, 0.15) is 11.7 Å². The summed E-state index contributed by atoms with van der Waals surface area (Å²) in [6.45, 7) is 1.90. The summed E-state index contributed by atoms with van der Waals surface area (Å²) < 4.78 is 10.1. The quantitative estimate of drug-likeness (QED) is 0.541. The zero-order valence-electron chi connectivity index (χ0n) is 8.82. The van der Waals surface area contributed by atoms with Gasteiger partial charge in [0.25, 0.3) is 0 Å². The van der Waals surface area contributed by atoms with Crippen molar-refractivity contribution in [3.05, 3.63) is 40.8 Å². The lowest BCUT2D eigenvalue weighted by atomic mass is 10.2. The number of fused-ring (bicyclic) bond motifs is 1. The molecule has 2 rings (SSSR count). The third-order valence-corrected chi connectivity index (χ3v) is 2.02. The summed E-state index contributed by atoms with van der Waals surface area (Å²) in [6, 6.07) is 8.88. The van der Waals surface area contributed by atoms with Crippen LogP contribution in [0.1, 0.15) is 13.3 Å². The Labute approximate surface area is 92.7 Å². The molecule has 0 atom stereocenters. The van der Waals surface area contributed by atoms with Gasteiger partial charge in [-0.15, -0.1) is 0 Å². The Balaban J connectivity index is 2.46. The van der Waals surface area contributed by atoms with Crippen LogP contribution in [0.25, 0.3) is 11.0 Å². The number of hydrogen-bond donors (Lipinski definition) is 0. The lowest BCUT2D eigenvalue weighted by Gasteiger charge is -1.98. The van der Waals surface area contributed by atoms with Gasteiger partial charge in [-0.1, -0.05) is 31.0 Å². The van der Waals surface area contributed by atoms with Gasteiger partial charge in [0.2, 0.25) is 5.75 Å². The molecule has 0 unspecified atom stereocenters. The van der Waals surface area contributed by atoms with Crippen molar-refractivity contribution < 1.29 is 9.15 Å². The van der Waals surface area contributed by atoms with Gasteiger partial charge in [-0.05, 0) is 6.07 Å². The van der Waals surface area contributed by atoms with Crippen molar-refractivity contribution in [3.8, 4) is 17.8 Å². The molecule has 3 nitrogen and oxygen atoms in total. The van der Waals surface area contributed by atoms with Crippen LogP contribution < -0.4 is 10.4 Å². The van der Waals surface area contributed by atoms with Crippen LogP contribution in [-0.4, -0.2) is 0 Å². The van der Waals surface area contributed by atoms with Crippen LogP contribution in [0.3, 0.4) is 0 Å². The molecule has 0 spiro atoms. The zero-order valence-corrected chi connectivity index (χ0v) is 8.82. The number of ether oxygens (including phenoxy) is 1. The monoisotopic (exact) mass is 214 g/mol. The predicted octanol–water partition coefficient (Wildman–Crippen LogP) is 2.54. The minimum absolute atomic E-state index is 0.125. The fourth-order valence-corrected chi connectivity index (χ4v) is 1.28. The molecule has 0 aliphatic heterocycles. The number of hydrogen-bond acceptors (Lipinski definition) is 3. The fourth-order valence-electron chi connectivity index (χ4n) is 1.28. The summed E-state index contributed by atoms with van der Waals surface area (Å²) >= 11 is 0. The highest BCUT2D eigenvalue weighted by molar-refractivity contribution is 5.77. The zero-order chi connectivity index (χ0) is 11.4. The second kappa shape index (κ2) is 4.54. The lowest BCUT2D eigenvalue weighted by Crippen LogP contribution is -2.02. The largest absolute Gasteiger partial charge is 0.420 e. The Bertz CT molecular complexity index is 614. The van der Waals surface area contributed by atoms with E-state index < -0.39 is 5.63 Å². The van der Waals surface area contributed by atoms with E-state index in [1.807, 2.05) is 25.1 Å². The molecular formula is C13H10O3. The van der Waals surface area contributed by atoms with Gasteiger partial charge in [-0.25, -0.2) is 4.79 Å². The van der Waals surface area contributed by atoms with Crippen LogP contribution in [0.2, 0.25) is 0 Å². The Morgan fingerprint density at radius 1 is 1.38 bits per heavy atom. The van der Waals surface area contributed by atoms with Crippen molar-refractivity contribution in [2.24, 2.45) is 0 Å². The van der Waals surface area contributed by atoms with E-state index in [0.29, 0.717) is 12.0 Å². The molecule has 0 saturated heterocycles. The van der Waals surface area contributed by atoms with E-state index in [1.165, 1.54) is 0 Å². The van der Waals surface area contributed by atoms with Gasteiger partial charge in [0.15, 0.2) is 0 Å². The molecule has 0 fully saturated rings. The van der Waals surface area contributed by atoms with Crippen molar-refractivity contribution in [2.45, 2.75) is 13.3 Å². The molecule has 1 aromatic heterocycles. The molecule has 80 valence electrons. The highest BCUT2D eigenvalue weighted by Gasteiger charge is 2.04. The molecule has 0 radical (unpaired) electrons. The first-order valence-corrected chi connectivity index (χ1v) is 4.99. The standard InChI is InChI=1S/C13H10O3/c1-2-3-8-15-12-9-10-6-4-5-7-11(10)16-13(12)14/h4-7,9H,2H2,1H3. The first kappa shape index (κ1) is 10.3. The Hall–Kier alpha value is -2.21. The van der Waals surface area contributed by atoms with Gasteiger partial charge < -0.3 is 9.15 Å². The summed E-state index contributed by atoms with van der Waals surface area (Å²) in [5.74, 6) is 2.84. The van der Waals surface area contributed by atoms with Crippen molar-refractivity contribution >= 4 is 11.0 Å². The van der Waals surface area contributed by atoms with E-state index in [0.717, 1.165) is 5.39 Å². The number of para-hydroxylation sites is 1. The van der Waals surface area contributed by atoms with Gasteiger partial charge in [0.05, 0.1) is 0 Å². The normalized spacial score (nSPS) is 9.56. The molecule has 0 aliphatic rings. The highest BCUT2D eigenvalue weighted by atomic mass is 16.5. The molecule has 16 heavy (non-hydrogen) atoms. The van der Waals surface area contributed by atoms with E-state index in [2.05, 4.69) is 12.0 Å². The summed E-state index contributed by atoms with van der Waals surface area (Å²) in [6.07, 6.45) is 3.13. The molecule has 1 heterocycles. The molecular weight excluding hydrogens is 204 g/mol. The molecule has 1 aromatic carbocycles. The maximum absolute atomic E-state index is 11.5. The van der Waals surface area contributed by atoms with Crippen LogP contribution in [-0.2, 0) is 0 Å². The van der Waals surface area contributed by atoms with Crippen LogP contribution in [0, 0.1) is 12.0 Å². The average molecular weight is 214 g/mol. The van der Waals surface area contributed by atoms with Crippen molar-refractivity contribution in [3.63, 3.8) is 0 Å². The van der Waals surface area contributed by atoms with Crippen molar-refractivity contribution in [2.75, 3.05) is 0 Å². The van der Waals surface area contributed by atoms with E-state index in [4.69, 9.17) is 9.15 Å². The summed E-state index contributed by atoms with van der Waals surface area (Å²) in [5.41, 5.74) is 0.0346. The van der Waals surface area contributed by atoms with Crippen molar-refractivity contribution in [1.82, 2.24) is 0 Å². The second-order valence-electron chi connectivity index (χ2n) is 3.17. The van der Waals surface area contributed by atoms with Gasteiger partial charge in [-0.3, -0.25) is 0 Å². The van der Waals surface area contributed by atoms with Gasteiger partial charge in [0, 0.05) is 17.9 Å². The maximum atomic E-state index is 11.5.